The van der Waals surface area contributed by atoms with Gasteiger partial charge in [0.1, 0.15) is 0 Å². The Kier molecular flexibility index (Phi) is 3.03. The van der Waals surface area contributed by atoms with Crippen LogP contribution in [0.1, 0.15) is 70.4 Å². The first kappa shape index (κ1) is 19.8. The first-order valence-corrected chi connectivity index (χ1v) is 13.0. The second-order valence-electron chi connectivity index (χ2n) is 14.1. The van der Waals surface area contributed by atoms with E-state index < -0.39 is 10.8 Å². The number of ketones is 2. The molecule has 5 bridgehead atoms. The van der Waals surface area contributed by atoms with Crippen molar-refractivity contribution >= 4 is 17.1 Å². The van der Waals surface area contributed by atoms with E-state index in [2.05, 4.69) is 69.3 Å². The number of Topliss-reactive ketones (excluding diaryl/α,β-unsaturated/α-hetero) is 1. The van der Waals surface area contributed by atoms with Crippen LogP contribution in [0.3, 0.4) is 0 Å². The summed E-state index contributed by atoms with van der Waals surface area (Å²) in [5.41, 5.74) is 3.55. The molecule has 7 aliphatic rings. The van der Waals surface area contributed by atoms with Crippen LogP contribution >= 0.6 is 0 Å². The third-order valence-electron chi connectivity index (χ3n) is 11.8. The molecule has 172 valence electrons. The molecule has 1 aromatic rings. The number of carbonyl (C=O) groups is 2. The molecule has 0 radical (unpaired) electrons. The normalized spacial score (nSPS) is 52.6. The molecule has 2 heteroatoms. The summed E-state index contributed by atoms with van der Waals surface area (Å²) >= 11 is 0. The van der Waals surface area contributed by atoms with Gasteiger partial charge in [0.2, 0.25) is 0 Å². The number of allylic oxidation sites excluding steroid dienone is 8. The fourth-order valence-electron chi connectivity index (χ4n) is 11.7. The van der Waals surface area contributed by atoms with E-state index in [-0.39, 0.29) is 11.2 Å². The van der Waals surface area contributed by atoms with Gasteiger partial charge in [-0.25, -0.2) is 0 Å². The van der Waals surface area contributed by atoms with Crippen LogP contribution in [-0.4, -0.2) is 11.6 Å². The van der Waals surface area contributed by atoms with Gasteiger partial charge in [0, 0.05) is 0 Å². The van der Waals surface area contributed by atoms with Gasteiger partial charge in [-0.1, -0.05) is 75.4 Å². The molecule has 1 aromatic carbocycles. The molecule has 0 amide bonds. The Hall–Kier alpha value is -2.48. The topological polar surface area (TPSA) is 34.1 Å². The van der Waals surface area contributed by atoms with Crippen molar-refractivity contribution in [3.05, 3.63) is 77.9 Å². The van der Waals surface area contributed by atoms with Crippen molar-refractivity contribution in [2.75, 3.05) is 0 Å². The van der Waals surface area contributed by atoms with Crippen molar-refractivity contribution in [3.8, 4) is 0 Å². The molecule has 0 aliphatic heterocycles. The Bertz CT molecular complexity index is 1330. The lowest BCUT2D eigenvalue weighted by atomic mass is 9.33. The van der Waals surface area contributed by atoms with E-state index in [0.717, 1.165) is 16.7 Å². The Morgan fingerprint density at radius 2 is 1.32 bits per heavy atom. The van der Waals surface area contributed by atoms with Crippen molar-refractivity contribution in [2.45, 2.75) is 64.7 Å². The van der Waals surface area contributed by atoms with Crippen LogP contribution in [0.25, 0.3) is 5.57 Å². The average Bonchev–Trinajstić information content (AvgIpc) is 3.49. The van der Waals surface area contributed by atoms with E-state index >= 15 is 0 Å². The summed E-state index contributed by atoms with van der Waals surface area (Å²) in [7, 11) is 0. The molecule has 7 aliphatic carbocycles. The number of fused-ring (bicyclic) bond motifs is 5. The van der Waals surface area contributed by atoms with Crippen LogP contribution in [0.4, 0.5) is 0 Å². The lowest BCUT2D eigenvalue weighted by Crippen LogP contribution is -2.66. The Morgan fingerprint density at radius 1 is 0.676 bits per heavy atom. The minimum absolute atomic E-state index is 0.0414. The fraction of sp³-hybridized carbons (Fsp3) is 0.500. The first-order valence-electron chi connectivity index (χ1n) is 13.0. The van der Waals surface area contributed by atoms with Crippen LogP contribution < -0.4 is 0 Å². The molecular formula is C32H32O2. The fourth-order valence-corrected chi connectivity index (χ4v) is 11.7. The van der Waals surface area contributed by atoms with Crippen molar-refractivity contribution in [2.24, 2.45) is 32.5 Å². The van der Waals surface area contributed by atoms with E-state index in [1.54, 1.807) is 12.2 Å². The molecule has 0 heterocycles. The number of hydrogen-bond donors (Lipinski definition) is 0. The van der Waals surface area contributed by atoms with Crippen molar-refractivity contribution in [3.63, 3.8) is 0 Å². The molecule has 5 atom stereocenters. The Balaban J connectivity index is 1.21. The van der Waals surface area contributed by atoms with Gasteiger partial charge in [0.05, 0.1) is 10.8 Å². The largest absolute Gasteiger partial charge is 0.297 e. The van der Waals surface area contributed by atoms with E-state index in [1.165, 1.54) is 38.5 Å². The van der Waals surface area contributed by atoms with Crippen LogP contribution in [-0.2, 0) is 15.0 Å². The van der Waals surface area contributed by atoms with Gasteiger partial charge in [0.15, 0.2) is 11.6 Å². The zero-order chi connectivity index (χ0) is 23.4. The minimum atomic E-state index is -0.634. The van der Waals surface area contributed by atoms with E-state index in [4.69, 9.17) is 0 Å². The van der Waals surface area contributed by atoms with Gasteiger partial charge in [-0.2, -0.15) is 0 Å². The molecule has 1 spiro atoms. The Morgan fingerprint density at radius 3 is 1.97 bits per heavy atom. The van der Waals surface area contributed by atoms with Crippen molar-refractivity contribution < 1.29 is 9.59 Å². The van der Waals surface area contributed by atoms with E-state index in [9.17, 15) is 9.59 Å². The summed E-state index contributed by atoms with van der Waals surface area (Å²) in [5, 5.41) is 0. The zero-order valence-corrected chi connectivity index (χ0v) is 20.4. The van der Waals surface area contributed by atoms with Crippen LogP contribution in [0.2, 0.25) is 0 Å². The summed E-state index contributed by atoms with van der Waals surface area (Å²) in [6.07, 6.45) is 22.0. The number of carbonyl (C=O) groups excluding carboxylic acids is 2. The van der Waals surface area contributed by atoms with E-state index in [0.29, 0.717) is 27.4 Å². The summed E-state index contributed by atoms with van der Waals surface area (Å²) in [4.78, 5) is 26.2. The number of benzene rings is 1. The van der Waals surface area contributed by atoms with Crippen LogP contribution in [0.15, 0.2) is 66.8 Å². The van der Waals surface area contributed by atoms with Crippen LogP contribution in [0.5, 0.6) is 0 Å². The summed E-state index contributed by atoms with van der Waals surface area (Å²) in [6.45, 7) is 7.61. The molecule has 0 N–H and O–H groups in total. The predicted octanol–water partition coefficient (Wildman–Crippen LogP) is 6.53. The van der Waals surface area contributed by atoms with Gasteiger partial charge in [0.25, 0.3) is 0 Å². The second-order valence-corrected chi connectivity index (χ2v) is 14.1. The molecule has 0 aromatic heterocycles. The van der Waals surface area contributed by atoms with Crippen molar-refractivity contribution in [1.82, 2.24) is 0 Å². The first-order chi connectivity index (χ1) is 16.0. The van der Waals surface area contributed by atoms with Crippen LogP contribution in [0, 0.1) is 32.5 Å². The van der Waals surface area contributed by atoms with Gasteiger partial charge in [-0.3, -0.25) is 9.59 Å². The summed E-state index contributed by atoms with van der Waals surface area (Å²) < 4.78 is 0. The molecular weight excluding hydrogens is 416 g/mol. The van der Waals surface area contributed by atoms with Gasteiger partial charge in [-0.15, -0.1) is 0 Å². The molecule has 4 fully saturated rings. The molecule has 34 heavy (non-hydrogen) atoms. The maximum Gasteiger partial charge on any atom is 0.179 e. The molecule has 8 rings (SSSR count). The number of rotatable bonds is 3. The molecule has 4 saturated carbocycles. The molecule has 2 nitrogen and oxygen atoms in total. The highest BCUT2D eigenvalue weighted by Crippen LogP contribution is 2.94. The van der Waals surface area contributed by atoms with Gasteiger partial charge < -0.3 is 0 Å². The standard InChI is InChI=1S/C32H32O2/c1-26-15-27(2)18-31(17-26)28(3,16-26)20-32(31,19-27)30-12-10-29(11-13-30,25(30)34)23-7-4-21(5-8-23)22-6-9-24(33)14-22/h4-14H,15-20H2,1-3H3. The second kappa shape index (κ2) is 5.20. The summed E-state index contributed by atoms with van der Waals surface area (Å²) in [5.74, 6) is 0.434. The maximum atomic E-state index is 14.6. The highest BCUT2D eigenvalue weighted by atomic mass is 16.1. The van der Waals surface area contributed by atoms with Gasteiger partial charge >= 0.3 is 0 Å². The smallest absolute Gasteiger partial charge is 0.179 e. The summed E-state index contributed by atoms with van der Waals surface area (Å²) in [6, 6.07) is 8.33. The monoisotopic (exact) mass is 448 g/mol. The lowest BCUT2D eigenvalue weighted by Gasteiger charge is -2.70. The van der Waals surface area contributed by atoms with E-state index in [1.807, 2.05) is 6.08 Å². The SMILES string of the molecule is CC12CC3(C)CC4(C1)C(C)(C2)CC4(C12C=CC(c4ccc(C5=CC(=O)C=C5)cc4)(C=C1)C2=O)C3. The quantitative estimate of drug-likeness (QED) is 0.493. The maximum absolute atomic E-state index is 14.6. The predicted molar refractivity (Wildman–Crippen MR) is 133 cm³/mol. The highest BCUT2D eigenvalue weighted by molar-refractivity contribution is 6.11. The highest BCUT2D eigenvalue weighted by Gasteiger charge is 2.88. The van der Waals surface area contributed by atoms with Crippen molar-refractivity contribution in [1.29, 1.82) is 0 Å². The average molecular weight is 449 g/mol. The Labute approximate surface area is 201 Å². The molecule has 5 unspecified atom stereocenters. The lowest BCUT2D eigenvalue weighted by molar-refractivity contribution is -0.208. The third-order valence-corrected chi connectivity index (χ3v) is 11.8. The third kappa shape index (κ3) is 1.80. The van der Waals surface area contributed by atoms with Gasteiger partial charge in [-0.05, 0) is 94.5 Å². The zero-order valence-electron chi connectivity index (χ0n) is 20.4. The minimum Gasteiger partial charge on any atom is -0.297 e. The molecule has 0 saturated heterocycles. The number of hydrogen-bond acceptors (Lipinski definition) is 2.